The lowest BCUT2D eigenvalue weighted by Gasteiger charge is -2.10. The smallest absolute Gasteiger partial charge is 0.312 e. The number of anilines is 1. The molecule has 0 saturated carbocycles. The predicted octanol–water partition coefficient (Wildman–Crippen LogP) is 5.25. The standard InChI is InChI=1S/C17H11Cl2N3O4S2/c1-26-12-5-3-9(7-11(12)22(24)25)20-17(27)21-16(23)15-14(19)10-4-2-8(18)6-13(10)28-15/h2-7H,1H3,(H2,20,21,23,27). The monoisotopic (exact) mass is 455 g/mol. The van der Waals surface area contributed by atoms with E-state index in [1.54, 1.807) is 24.3 Å². The molecule has 0 atom stereocenters. The van der Waals surface area contributed by atoms with Crippen LogP contribution < -0.4 is 15.4 Å². The Hall–Kier alpha value is -2.46. The van der Waals surface area contributed by atoms with Crippen LogP contribution in [0.25, 0.3) is 10.1 Å². The van der Waals surface area contributed by atoms with Crippen LogP contribution in [0.4, 0.5) is 11.4 Å². The Morgan fingerprint density at radius 2 is 2.00 bits per heavy atom. The van der Waals surface area contributed by atoms with Crippen molar-refractivity contribution in [3.63, 3.8) is 0 Å². The molecule has 0 saturated heterocycles. The topological polar surface area (TPSA) is 93.5 Å². The van der Waals surface area contributed by atoms with Gasteiger partial charge >= 0.3 is 5.69 Å². The zero-order valence-electron chi connectivity index (χ0n) is 14.1. The zero-order chi connectivity index (χ0) is 20.4. The minimum absolute atomic E-state index is 0.0315. The fourth-order valence-corrected chi connectivity index (χ4v) is 4.32. The molecule has 2 aromatic carbocycles. The first-order valence-electron chi connectivity index (χ1n) is 7.62. The summed E-state index contributed by atoms with van der Waals surface area (Å²) in [5.41, 5.74) is 0.0954. The Labute approximate surface area is 178 Å². The molecule has 0 fully saturated rings. The van der Waals surface area contributed by atoms with E-state index in [0.717, 1.165) is 4.70 Å². The number of carbonyl (C=O) groups excluding carboxylic acids is 1. The Balaban J connectivity index is 1.77. The molecular formula is C17H11Cl2N3O4S2. The van der Waals surface area contributed by atoms with Crippen molar-refractivity contribution >= 4 is 79.2 Å². The molecule has 1 amide bonds. The molecule has 0 bridgehead atoms. The number of nitro benzene ring substituents is 1. The van der Waals surface area contributed by atoms with Gasteiger partial charge in [0.05, 0.1) is 17.1 Å². The van der Waals surface area contributed by atoms with Crippen molar-refractivity contribution in [3.05, 3.63) is 61.4 Å². The molecule has 0 aliphatic heterocycles. The van der Waals surface area contributed by atoms with Gasteiger partial charge in [-0.05, 0) is 36.5 Å². The molecule has 7 nitrogen and oxygen atoms in total. The van der Waals surface area contributed by atoms with Gasteiger partial charge in [-0.25, -0.2) is 0 Å². The number of fused-ring (bicyclic) bond motifs is 1. The van der Waals surface area contributed by atoms with Crippen molar-refractivity contribution in [1.82, 2.24) is 5.32 Å². The van der Waals surface area contributed by atoms with Gasteiger partial charge in [0.2, 0.25) is 0 Å². The summed E-state index contributed by atoms with van der Waals surface area (Å²) in [6.45, 7) is 0. The van der Waals surface area contributed by atoms with Gasteiger partial charge in [-0.2, -0.15) is 0 Å². The molecule has 0 radical (unpaired) electrons. The number of halogens is 2. The van der Waals surface area contributed by atoms with Crippen molar-refractivity contribution in [3.8, 4) is 5.75 Å². The third-order valence-electron chi connectivity index (χ3n) is 3.66. The number of benzene rings is 2. The molecule has 1 heterocycles. The van der Waals surface area contributed by atoms with E-state index in [-0.39, 0.29) is 21.4 Å². The zero-order valence-corrected chi connectivity index (χ0v) is 17.3. The third kappa shape index (κ3) is 4.17. The number of nitrogens with one attached hydrogen (secondary N) is 2. The van der Waals surface area contributed by atoms with Crippen LogP contribution in [0.3, 0.4) is 0 Å². The van der Waals surface area contributed by atoms with Crippen LogP contribution in [-0.2, 0) is 0 Å². The molecule has 0 spiro atoms. The first-order chi connectivity index (χ1) is 13.3. The molecule has 0 aliphatic carbocycles. The second-order valence-corrected chi connectivity index (χ2v) is 7.71. The third-order valence-corrected chi connectivity index (χ3v) is 5.75. The summed E-state index contributed by atoms with van der Waals surface area (Å²) in [6, 6.07) is 9.37. The fraction of sp³-hybridized carbons (Fsp3) is 0.0588. The average Bonchev–Trinajstić information content (AvgIpc) is 2.97. The number of hydrogen-bond acceptors (Lipinski definition) is 6. The molecule has 1 aromatic heterocycles. The highest BCUT2D eigenvalue weighted by Gasteiger charge is 2.19. The summed E-state index contributed by atoms with van der Waals surface area (Å²) < 4.78 is 5.72. The van der Waals surface area contributed by atoms with Crippen LogP contribution in [0.5, 0.6) is 5.75 Å². The second-order valence-electron chi connectivity index (χ2n) is 5.44. The maximum atomic E-state index is 12.5. The largest absolute Gasteiger partial charge is 0.490 e. The summed E-state index contributed by atoms with van der Waals surface area (Å²) in [5.74, 6) is -0.385. The SMILES string of the molecule is COc1ccc(NC(=S)NC(=O)c2sc3cc(Cl)ccc3c2Cl)cc1[N+](=O)[O-]. The van der Waals surface area contributed by atoms with Crippen LogP contribution >= 0.6 is 46.8 Å². The number of amides is 1. The Morgan fingerprint density at radius 1 is 1.25 bits per heavy atom. The van der Waals surface area contributed by atoms with E-state index in [1.165, 1.54) is 30.6 Å². The summed E-state index contributed by atoms with van der Waals surface area (Å²) >= 11 is 18.6. The predicted molar refractivity (Wildman–Crippen MR) is 115 cm³/mol. The molecule has 0 aliphatic rings. The lowest BCUT2D eigenvalue weighted by Crippen LogP contribution is -2.33. The van der Waals surface area contributed by atoms with Gasteiger partial charge in [-0.3, -0.25) is 20.2 Å². The highest BCUT2D eigenvalue weighted by Crippen LogP contribution is 2.36. The van der Waals surface area contributed by atoms with E-state index in [0.29, 0.717) is 21.1 Å². The van der Waals surface area contributed by atoms with Crippen molar-refractivity contribution < 1.29 is 14.5 Å². The number of hydrogen-bond donors (Lipinski definition) is 2. The molecule has 3 rings (SSSR count). The van der Waals surface area contributed by atoms with Crippen molar-refractivity contribution in [2.75, 3.05) is 12.4 Å². The number of thiocarbonyl (C=S) groups is 1. The van der Waals surface area contributed by atoms with Gasteiger partial charge in [-0.15, -0.1) is 11.3 Å². The first kappa shape index (κ1) is 20.3. The summed E-state index contributed by atoms with van der Waals surface area (Å²) in [4.78, 5) is 23.3. The van der Waals surface area contributed by atoms with Gasteiger partial charge in [0, 0.05) is 26.9 Å². The molecule has 11 heteroatoms. The van der Waals surface area contributed by atoms with Crippen molar-refractivity contribution in [2.24, 2.45) is 0 Å². The quantitative estimate of drug-likeness (QED) is 0.316. The van der Waals surface area contributed by atoms with E-state index >= 15 is 0 Å². The molecule has 144 valence electrons. The van der Waals surface area contributed by atoms with Crippen LogP contribution in [0.15, 0.2) is 36.4 Å². The number of rotatable bonds is 4. The Kier molecular flexibility index (Phi) is 5.99. The number of methoxy groups -OCH3 is 1. The van der Waals surface area contributed by atoms with E-state index in [4.69, 9.17) is 40.2 Å². The van der Waals surface area contributed by atoms with Gasteiger partial charge < -0.3 is 10.1 Å². The lowest BCUT2D eigenvalue weighted by atomic mass is 10.2. The van der Waals surface area contributed by atoms with E-state index < -0.39 is 10.8 Å². The van der Waals surface area contributed by atoms with Crippen LogP contribution in [0.2, 0.25) is 10.0 Å². The fourth-order valence-electron chi connectivity index (χ4n) is 2.42. The minimum Gasteiger partial charge on any atom is -0.490 e. The van der Waals surface area contributed by atoms with Gasteiger partial charge in [-0.1, -0.05) is 29.3 Å². The van der Waals surface area contributed by atoms with Gasteiger partial charge in [0.1, 0.15) is 4.88 Å². The van der Waals surface area contributed by atoms with Crippen LogP contribution in [-0.4, -0.2) is 23.1 Å². The maximum Gasteiger partial charge on any atom is 0.312 e. The Morgan fingerprint density at radius 3 is 2.68 bits per heavy atom. The molecular weight excluding hydrogens is 445 g/mol. The van der Waals surface area contributed by atoms with Crippen LogP contribution in [0, 0.1) is 10.1 Å². The Bertz CT molecular complexity index is 1120. The van der Waals surface area contributed by atoms with Crippen molar-refractivity contribution in [1.29, 1.82) is 0 Å². The summed E-state index contributed by atoms with van der Waals surface area (Å²) in [6.07, 6.45) is 0. The number of ether oxygens (including phenoxy) is 1. The molecule has 28 heavy (non-hydrogen) atoms. The first-order valence-corrected chi connectivity index (χ1v) is 9.60. The van der Waals surface area contributed by atoms with Gasteiger partial charge in [0.15, 0.2) is 10.9 Å². The number of nitrogens with zero attached hydrogens (tertiary/aromatic N) is 1. The summed E-state index contributed by atoms with van der Waals surface area (Å²) in [5, 5.41) is 17.9. The lowest BCUT2D eigenvalue weighted by molar-refractivity contribution is -0.385. The van der Waals surface area contributed by atoms with Crippen molar-refractivity contribution in [2.45, 2.75) is 0 Å². The van der Waals surface area contributed by atoms with Gasteiger partial charge in [0.25, 0.3) is 5.91 Å². The maximum absolute atomic E-state index is 12.5. The minimum atomic E-state index is -0.576. The number of nitro groups is 1. The van der Waals surface area contributed by atoms with E-state index in [1.807, 2.05) is 0 Å². The molecule has 3 aromatic rings. The number of carbonyl (C=O) groups is 1. The van der Waals surface area contributed by atoms with Crippen LogP contribution in [0.1, 0.15) is 9.67 Å². The number of thiophene rings is 1. The molecule has 0 unspecified atom stereocenters. The normalized spacial score (nSPS) is 10.5. The highest BCUT2D eigenvalue weighted by molar-refractivity contribution is 7.80. The average molecular weight is 456 g/mol. The highest BCUT2D eigenvalue weighted by atomic mass is 35.5. The second kappa shape index (κ2) is 8.27. The van der Waals surface area contributed by atoms with E-state index in [9.17, 15) is 14.9 Å². The van der Waals surface area contributed by atoms with E-state index in [2.05, 4.69) is 10.6 Å². The summed E-state index contributed by atoms with van der Waals surface area (Å²) in [7, 11) is 1.34. The molecule has 2 N–H and O–H groups in total.